The van der Waals surface area contributed by atoms with Gasteiger partial charge in [-0.1, -0.05) is 17.7 Å². The zero-order chi connectivity index (χ0) is 19.5. The fraction of sp³-hybridized carbons (Fsp3) is 0.250. The van der Waals surface area contributed by atoms with Gasteiger partial charge in [-0.15, -0.1) is 0 Å². The number of hydrogen-bond donors (Lipinski definition) is 3. The van der Waals surface area contributed by atoms with Crippen LogP contribution in [-0.4, -0.2) is 35.1 Å². The van der Waals surface area contributed by atoms with E-state index in [4.69, 9.17) is 16.7 Å². The summed E-state index contributed by atoms with van der Waals surface area (Å²) in [5.41, 5.74) is 1.18. The number of anilines is 1. The monoisotopic (exact) mass is 418 g/mol. The Morgan fingerprint density at radius 2 is 1.58 bits per heavy atom. The van der Waals surface area contributed by atoms with Gasteiger partial charge in [-0.25, -0.2) is 21.6 Å². The fourth-order valence-corrected chi connectivity index (χ4v) is 4.83. The molecule has 7 nitrogen and oxygen atoms in total. The molecule has 2 rings (SSSR count). The zero-order valence-electron chi connectivity index (χ0n) is 14.2. The van der Waals surface area contributed by atoms with Crippen molar-refractivity contribution in [3.8, 4) is 0 Å². The van der Waals surface area contributed by atoms with Gasteiger partial charge in [0.15, 0.2) is 0 Å². The maximum Gasteiger partial charge on any atom is 0.261 e. The van der Waals surface area contributed by atoms with Crippen molar-refractivity contribution >= 4 is 37.3 Å². The van der Waals surface area contributed by atoms with Crippen LogP contribution in [-0.2, 0) is 20.0 Å². The van der Waals surface area contributed by atoms with Crippen molar-refractivity contribution in [3.05, 3.63) is 52.5 Å². The van der Waals surface area contributed by atoms with E-state index in [1.807, 2.05) is 0 Å². The minimum Gasteiger partial charge on any atom is -0.395 e. The van der Waals surface area contributed by atoms with E-state index >= 15 is 0 Å². The van der Waals surface area contributed by atoms with Crippen molar-refractivity contribution in [2.75, 3.05) is 17.9 Å². The van der Waals surface area contributed by atoms with Gasteiger partial charge < -0.3 is 5.11 Å². The van der Waals surface area contributed by atoms with Crippen LogP contribution >= 0.6 is 11.6 Å². The molecular formula is C16H19ClN2O5S2. The van der Waals surface area contributed by atoms with Crippen LogP contribution in [0.3, 0.4) is 0 Å². The SMILES string of the molecule is Cc1cc(C)c(S(=O)(=O)NCCO)cc1NS(=O)(=O)c1ccc(Cl)cc1. The lowest BCUT2D eigenvalue weighted by molar-refractivity contribution is 0.301. The fourth-order valence-electron chi connectivity index (χ4n) is 2.31. The number of hydrogen-bond acceptors (Lipinski definition) is 5. The van der Waals surface area contributed by atoms with Gasteiger partial charge in [0, 0.05) is 11.6 Å². The van der Waals surface area contributed by atoms with E-state index in [1.165, 1.54) is 30.3 Å². The van der Waals surface area contributed by atoms with Crippen LogP contribution in [0.2, 0.25) is 5.02 Å². The molecule has 0 atom stereocenters. The molecule has 0 bridgehead atoms. The minimum absolute atomic E-state index is 0.00434. The van der Waals surface area contributed by atoms with E-state index in [2.05, 4.69) is 9.44 Å². The molecule has 0 saturated carbocycles. The maximum atomic E-state index is 12.5. The van der Waals surface area contributed by atoms with E-state index in [9.17, 15) is 16.8 Å². The van der Waals surface area contributed by atoms with Crippen LogP contribution < -0.4 is 9.44 Å². The maximum absolute atomic E-state index is 12.5. The third-order valence-corrected chi connectivity index (χ3v) is 6.82. The molecule has 0 heterocycles. The van der Waals surface area contributed by atoms with E-state index in [-0.39, 0.29) is 28.6 Å². The molecule has 0 fully saturated rings. The topological polar surface area (TPSA) is 113 Å². The quantitative estimate of drug-likeness (QED) is 0.636. The Balaban J connectivity index is 2.44. The summed E-state index contributed by atoms with van der Waals surface area (Å²) in [5.74, 6) is 0. The van der Waals surface area contributed by atoms with Crippen LogP contribution in [0.5, 0.6) is 0 Å². The molecule has 2 aromatic rings. The van der Waals surface area contributed by atoms with Gasteiger partial charge in [0.05, 0.1) is 22.1 Å². The Bertz CT molecular complexity index is 1000. The van der Waals surface area contributed by atoms with Crippen molar-refractivity contribution in [2.24, 2.45) is 0 Å². The van der Waals surface area contributed by atoms with Crippen molar-refractivity contribution in [3.63, 3.8) is 0 Å². The summed E-state index contributed by atoms with van der Waals surface area (Å²) >= 11 is 5.77. The number of aliphatic hydroxyl groups is 1. The van der Waals surface area contributed by atoms with Crippen LogP contribution in [0.25, 0.3) is 0 Å². The lowest BCUT2D eigenvalue weighted by Gasteiger charge is -2.15. The zero-order valence-corrected chi connectivity index (χ0v) is 16.5. The number of aryl methyl sites for hydroxylation is 2. The number of rotatable bonds is 7. The van der Waals surface area contributed by atoms with Crippen LogP contribution in [0, 0.1) is 13.8 Å². The van der Waals surface area contributed by atoms with E-state index in [1.54, 1.807) is 19.9 Å². The summed E-state index contributed by atoms with van der Waals surface area (Å²) in [7, 11) is -7.79. The summed E-state index contributed by atoms with van der Waals surface area (Å²) in [5, 5.41) is 9.22. The highest BCUT2D eigenvalue weighted by Crippen LogP contribution is 2.26. The molecule has 0 aliphatic heterocycles. The first-order valence-electron chi connectivity index (χ1n) is 7.57. The minimum atomic E-state index is -3.91. The van der Waals surface area contributed by atoms with E-state index in [0.717, 1.165) is 0 Å². The van der Waals surface area contributed by atoms with E-state index in [0.29, 0.717) is 16.1 Å². The van der Waals surface area contributed by atoms with Crippen molar-refractivity contribution in [1.29, 1.82) is 0 Å². The Kier molecular flexibility index (Phi) is 6.30. The average molecular weight is 419 g/mol. The molecule has 142 valence electrons. The predicted octanol–water partition coefficient (Wildman–Crippen LogP) is 2.03. The second kappa shape index (κ2) is 7.93. The molecule has 0 aliphatic rings. The second-order valence-electron chi connectivity index (χ2n) is 5.61. The summed E-state index contributed by atoms with van der Waals surface area (Å²) in [6.45, 7) is 2.80. The summed E-state index contributed by atoms with van der Waals surface area (Å²) < 4.78 is 54.4. The van der Waals surface area contributed by atoms with Gasteiger partial charge in [0.1, 0.15) is 0 Å². The molecule has 0 radical (unpaired) electrons. The van der Waals surface area contributed by atoms with Gasteiger partial charge in [0.2, 0.25) is 10.0 Å². The lowest BCUT2D eigenvalue weighted by atomic mass is 10.1. The van der Waals surface area contributed by atoms with Gasteiger partial charge in [-0.3, -0.25) is 4.72 Å². The van der Waals surface area contributed by atoms with Crippen LogP contribution in [0.1, 0.15) is 11.1 Å². The van der Waals surface area contributed by atoms with Crippen LogP contribution in [0.4, 0.5) is 5.69 Å². The highest BCUT2D eigenvalue weighted by Gasteiger charge is 2.21. The summed E-state index contributed by atoms with van der Waals surface area (Å²) in [6.07, 6.45) is 0. The van der Waals surface area contributed by atoms with Crippen molar-refractivity contribution in [2.45, 2.75) is 23.6 Å². The highest BCUT2D eigenvalue weighted by molar-refractivity contribution is 7.92. The lowest BCUT2D eigenvalue weighted by Crippen LogP contribution is -2.27. The third-order valence-electron chi connectivity index (χ3n) is 3.58. The van der Waals surface area contributed by atoms with Gasteiger partial charge in [0.25, 0.3) is 10.0 Å². The molecule has 26 heavy (non-hydrogen) atoms. The third kappa shape index (κ3) is 4.74. The normalized spacial score (nSPS) is 12.2. The largest absolute Gasteiger partial charge is 0.395 e. The Labute approximate surface area is 158 Å². The van der Waals surface area contributed by atoms with Crippen molar-refractivity contribution in [1.82, 2.24) is 4.72 Å². The number of sulfonamides is 2. The number of aliphatic hydroxyl groups excluding tert-OH is 1. The molecule has 3 N–H and O–H groups in total. The molecule has 0 saturated heterocycles. The Hall–Kier alpha value is -1.65. The van der Waals surface area contributed by atoms with E-state index < -0.39 is 20.0 Å². The average Bonchev–Trinajstić information content (AvgIpc) is 2.55. The predicted molar refractivity (Wildman–Crippen MR) is 100 cm³/mol. The van der Waals surface area contributed by atoms with Crippen LogP contribution in [0.15, 0.2) is 46.2 Å². The first kappa shape index (κ1) is 20.7. The molecule has 0 aliphatic carbocycles. The highest BCUT2D eigenvalue weighted by atomic mass is 35.5. The first-order valence-corrected chi connectivity index (χ1v) is 10.9. The molecule has 0 amide bonds. The first-order chi connectivity index (χ1) is 12.1. The molecule has 0 unspecified atom stereocenters. The number of nitrogens with one attached hydrogen (secondary N) is 2. The summed E-state index contributed by atoms with van der Waals surface area (Å²) in [6, 6.07) is 8.45. The van der Waals surface area contributed by atoms with Gasteiger partial charge >= 0.3 is 0 Å². The molecule has 10 heteroatoms. The molecule has 2 aromatic carbocycles. The van der Waals surface area contributed by atoms with Gasteiger partial charge in [-0.05, 0) is 55.3 Å². The Morgan fingerprint density at radius 1 is 0.962 bits per heavy atom. The number of halogens is 1. The molecule has 0 spiro atoms. The molecular weight excluding hydrogens is 400 g/mol. The molecule has 0 aromatic heterocycles. The second-order valence-corrected chi connectivity index (χ2v) is 9.47. The standard InChI is InChI=1S/C16H19ClN2O5S2/c1-11-9-12(2)16(26(23,24)18-7-8-20)10-15(11)19-25(21,22)14-5-3-13(17)4-6-14/h3-6,9-10,18-20H,7-8H2,1-2H3. The smallest absolute Gasteiger partial charge is 0.261 e. The van der Waals surface area contributed by atoms with Crippen molar-refractivity contribution < 1.29 is 21.9 Å². The number of benzene rings is 2. The van der Waals surface area contributed by atoms with Gasteiger partial charge in [-0.2, -0.15) is 0 Å². The summed E-state index contributed by atoms with van der Waals surface area (Å²) in [4.78, 5) is -0.0601. The Morgan fingerprint density at radius 3 is 2.15 bits per heavy atom.